The maximum absolute atomic E-state index is 13.9. The van der Waals surface area contributed by atoms with Crippen molar-refractivity contribution < 1.29 is 13.9 Å². The van der Waals surface area contributed by atoms with Gasteiger partial charge < -0.3 is 19.0 Å². The zero-order valence-corrected chi connectivity index (χ0v) is 22.3. The van der Waals surface area contributed by atoms with E-state index in [1.54, 1.807) is 11.0 Å². The van der Waals surface area contributed by atoms with Gasteiger partial charge in [-0.1, -0.05) is 69.3 Å². The average Bonchev–Trinajstić information content (AvgIpc) is 3.24. The number of carbonyl (C=O) groups excluding carboxylic acids is 1. The third kappa shape index (κ3) is 4.96. The molecular formula is C32H34N2O4. The van der Waals surface area contributed by atoms with Gasteiger partial charge in [-0.3, -0.25) is 9.59 Å². The van der Waals surface area contributed by atoms with E-state index in [1.807, 2.05) is 66.7 Å². The molecule has 2 heterocycles. The van der Waals surface area contributed by atoms with Gasteiger partial charge >= 0.3 is 0 Å². The van der Waals surface area contributed by atoms with Crippen LogP contribution >= 0.6 is 0 Å². The third-order valence-corrected chi connectivity index (χ3v) is 7.43. The molecule has 4 aromatic rings. The van der Waals surface area contributed by atoms with Crippen LogP contribution in [-0.2, 0) is 13.0 Å². The first-order valence-corrected chi connectivity index (χ1v) is 13.4. The Morgan fingerprint density at radius 1 is 0.895 bits per heavy atom. The molecular weight excluding hydrogens is 476 g/mol. The fraction of sp³-hybridized carbons (Fsp3) is 0.312. The number of nitrogens with zero attached hydrogens (tertiary/aromatic N) is 2. The van der Waals surface area contributed by atoms with Crippen LogP contribution in [0.3, 0.4) is 0 Å². The Kier molecular flexibility index (Phi) is 7.61. The Labute approximate surface area is 223 Å². The molecule has 0 N–H and O–H groups in total. The lowest BCUT2D eigenvalue weighted by Crippen LogP contribution is -2.37. The van der Waals surface area contributed by atoms with E-state index in [9.17, 15) is 9.59 Å². The minimum absolute atomic E-state index is 0.135. The fourth-order valence-corrected chi connectivity index (χ4v) is 5.14. The van der Waals surface area contributed by atoms with E-state index in [1.165, 1.54) is 0 Å². The average molecular weight is 511 g/mol. The number of aryl methyl sites for hydroxylation is 1. The zero-order valence-electron chi connectivity index (χ0n) is 22.3. The molecule has 0 radical (unpaired) electrons. The van der Waals surface area contributed by atoms with E-state index in [0.29, 0.717) is 29.7 Å². The summed E-state index contributed by atoms with van der Waals surface area (Å²) in [4.78, 5) is 31.6. The topological polar surface area (TPSA) is 63.0 Å². The molecule has 1 amide bonds. The summed E-state index contributed by atoms with van der Waals surface area (Å²) in [6.45, 7) is 9.74. The van der Waals surface area contributed by atoms with Crippen LogP contribution in [0.15, 0.2) is 82.0 Å². The Hall–Kier alpha value is -3.90. The Balaban J connectivity index is 1.52. The SMILES string of the molecule is CCc1ccc2oc3c(c(=O)c2c1)C(c1ccc(OCc2ccccc2)cc1)N(CCN(CC)CC)C3=O. The monoisotopic (exact) mass is 510 g/mol. The molecule has 5 rings (SSSR count). The van der Waals surface area contributed by atoms with Crippen molar-refractivity contribution >= 4 is 16.9 Å². The van der Waals surface area contributed by atoms with Gasteiger partial charge in [-0.05, 0) is 60.5 Å². The molecule has 6 nitrogen and oxygen atoms in total. The Morgan fingerprint density at radius 3 is 2.32 bits per heavy atom. The number of hydrogen-bond acceptors (Lipinski definition) is 5. The molecule has 1 aromatic heterocycles. The first-order chi connectivity index (χ1) is 18.5. The van der Waals surface area contributed by atoms with Crippen molar-refractivity contribution in [3.8, 4) is 5.75 Å². The molecule has 0 spiro atoms. The van der Waals surface area contributed by atoms with E-state index in [4.69, 9.17) is 9.15 Å². The molecule has 0 bridgehead atoms. The standard InChI is InChI=1S/C32H34N2O4/c1-4-22-12-17-27-26(20-22)30(35)28-29(34(32(36)31(28)38-27)19-18-33(5-2)6-3)24-13-15-25(16-14-24)37-21-23-10-8-7-9-11-23/h7-17,20,29H,4-6,18-19,21H2,1-3H3. The van der Waals surface area contributed by atoms with Crippen LogP contribution < -0.4 is 10.2 Å². The van der Waals surface area contributed by atoms with Gasteiger partial charge in [-0.15, -0.1) is 0 Å². The molecule has 1 aliphatic rings. The van der Waals surface area contributed by atoms with Gasteiger partial charge in [0.05, 0.1) is 17.0 Å². The van der Waals surface area contributed by atoms with E-state index < -0.39 is 6.04 Å². The highest BCUT2D eigenvalue weighted by molar-refractivity contribution is 5.99. The summed E-state index contributed by atoms with van der Waals surface area (Å²) in [6.07, 6.45) is 0.815. The van der Waals surface area contributed by atoms with Crippen molar-refractivity contribution in [2.45, 2.75) is 39.8 Å². The third-order valence-electron chi connectivity index (χ3n) is 7.43. The minimum atomic E-state index is -0.512. The molecule has 0 fully saturated rings. The van der Waals surface area contributed by atoms with Crippen LogP contribution in [0.2, 0.25) is 0 Å². The summed E-state index contributed by atoms with van der Waals surface area (Å²) >= 11 is 0. The van der Waals surface area contributed by atoms with Crippen molar-refractivity contribution in [1.82, 2.24) is 9.80 Å². The number of ether oxygens (including phenoxy) is 1. The number of fused-ring (bicyclic) bond motifs is 2. The first kappa shape index (κ1) is 25.7. The molecule has 38 heavy (non-hydrogen) atoms. The number of amides is 1. The number of hydrogen-bond donors (Lipinski definition) is 0. The van der Waals surface area contributed by atoms with Crippen LogP contribution in [-0.4, -0.2) is 41.9 Å². The minimum Gasteiger partial charge on any atom is -0.489 e. The summed E-state index contributed by atoms with van der Waals surface area (Å²) in [7, 11) is 0. The van der Waals surface area contributed by atoms with Crippen LogP contribution in [0.1, 0.15) is 59.6 Å². The maximum atomic E-state index is 13.9. The van der Waals surface area contributed by atoms with Crippen LogP contribution in [0, 0.1) is 0 Å². The second-order valence-electron chi connectivity index (χ2n) is 9.63. The number of likely N-dealkylation sites (N-methyl/N-ethyl adjacent to an activating group) is 1. The van der Waals surface area contributed by atoms with Gasteiger partial charge in [-0.25, -0.2) is 0 Å². The van der Waals surface area contributed by atoms with Crippen molar-refractivity contribution in [1.29, 1.82) is 0 Å². The largest absolute Gasteiger partial charge is 0.489 e. The highest BCUT2D eigenvalue weighted by Crippen LogP contribution is 2.38. The van der Waals surface area contributed by atoms with E-state index in [-0.39, 0.29) is 17.1 Å². The molecule has 1 atom stereocenters. The second-order valence-corrected chi connectivity index (χ2v) is 9.63. The lowest BCUT2D eigenvalue weighted by molar-refractivity contribution is 0.0708. The highest BCUT2D eigenvalue weighted by Gasteiger charge is 2.42. The smallest absolute Gasteiger partial charge is 0.290 e. The van der Waals surface area contributed by atoms with Crippen molar-refractivity contribution in [3.63, 3.8) is 0 Å². The molecule has 0 aliphatic carbocycles. The lowest BCUT2D eigenvalue weighted by Gasteiger charge is -2.28. The zero-order chi connectivity index (χ0) is 26.6. The number of rotatable bonds is 10. The Morgan fingerprint density at radius 2 is 1.63 bits per heavy atom. The molecule has 1 aliphatic heterocycles. The van der Waals surface area contributed by atoms with Crippen molar-refractivity contribution in [3.05, 3.63) is 111 Å². The molecule has 0 saturated heterocycles. The summed E-state index contributed by atoms with van der Waals surface area (Å²) in [5.74, 6) is 0.649. The van der Waals surface area contributed by atoms with Crippen LogP contribution in [0.25, 0.3) is 11.0 Å². The second kappa shape index (κ2) is 11.2. The first-order valence-electron chi connectivity index (χ1n) is 13.4. The summed E-state index contributed by atoms with van der Waals surface area (Å²) < 4.78 is 12.1. The van der Waals surface area contributed by atoms with Crippen molar-refractivity contribution in [2.75, 3.05) is 26.2 Å². The van der Waals surface area contributed by atoms with E-state index in [2.05, 4.69) is 25.7 Å². The van der Waals surface area contributed by atoms with Gasteiger partial charge in [0.25, 0.3) is 5.91 Å². The van der Waals surface area contributed by atoms with Gasteiger partial charge in [0, 0.05) is 13.1 Å². The van der Waals surface area contributed by atoms with Gasteiger partial charge in [0.2, 0.25) is 5.76 Å². The normalized spacial score (nSPS) is 14.9. The predicted molar refractivity (Wildman–Crippen MR) is 150 cm³/mol. The quantitative estimate of drug-likeness (QED) is 0.269. The molecule has 3 aromatic carbocycles. The van der Waals surface area contributed by atoms with Gasteiger partial charge in [-0.2, -0.15) is 0 Å². The van der Waals surface area contributed by atoms with Crippen LogP contribution in [0.4, 0.5) is 0 Å². The summed E-state index contributed by atoms with van der Waals surface area (Å²) in [5.41, 5.74) is 3.75. The fourth-order valence-electron chi connectivity index (χ4n) is 5.14. The number of benzene rings is 3. The maximum Gasteiger partial charge on any atom is 0.290 e. The van der Waals surface area contributed by atoms with E-state index >= 15 is 0 Å². The lowest BCUT2D eigenvalue weighted by atomic mass is 9.98. The van der Waals surface area contributed by atoms with Crippen molar-refractivity contribution in [2.24, 2.45) is 0 Å². The molecule has 0 saturated carbocycles. The number of carbonyl (C=O) groups is 1. The highest BCUT2D eigenvalue weighted by atomic mass is 16.5. The molecule has 196 valence electrons. The predicted octanol–water partition coefficient (Wildman–Crippen LogP) is 5.82. The molecule has 6 heteroatoms. The van der Waals surface area contributed by atoms with Crippen LogP contribution in [0.5, 0.6) is 5.75 Å². The summed E-state index contributed by atoms with van der Waals surface area (Å²) in [6, 6.07) is 22.8. The Bertz CT molecular complexity index is 1470. The van der Waals surface area contributed by atoms with Gasteiger partial charge in [0.1, 0.15) is 17.9 Å². The molecule has 1 unspecified atom stereocenters. The van der Waals surface area contributed by atoms with E-state index in [0.717, 1.165) is 48.5 Å². The van der Waals surface area contributed by atoms with Gasteiger partial charge in [0.15, 0.2) is 5.43 Å². The summed E-state index contributed by atoms with van der Waals surface area (Å²) in [5, 5.41) is 0.523.